The number of hydrogen-bond acceptors (Lipinski definition) is 3. The van der Waals surface area contributed by atoms with E-state index in [-0.39, 0.29) is 11.5 Å². The van der Waals surface area contributed by atoms with Crippen molar-refractivity contribution in [2.24, 2.45) is 0 Å². The van der Waals surface area contributed by atoms with Crippen LogP contribution in [-0.4, -0.2) is 15.7 Å². The zero-order valence-corrected chi connectivity index (χ0v) is 15.0. The predicted octanol–water partition coefficient (Wildman–Crippen LogP) is 2.21. The highest BCUT2D eigenvalue weighted by atomic mass is 127. The second-order valence-corrected chi connectivity index (χ2v) is 7.02. The summed E-state index contributed by atoms with van der Waals surface area (Å²) in [5.41, 5.74) is 2.79. The predicted molar refractivity (Wildman–Crippen MR) is 96.2 cm³/mol. The van der Waals surface area contributed by atoms with E-state index in [1.54, 1.807) is 13.0 Å². The summed E-state index contributed by atoms with van der Waals surface area (Å²) in [4.78, 5) is 24.5. The molecule has 23 heavy (non-hydrogen) atoms. The van der Waals surface area contributed by atoms with Gasteiger partial charge in [0.05, 0.1) is 5.69 Å². The summed E-state index contributed by atoms with van der Waals surface area (Å²) in [5.74, 6) is -0.198. The first kappa shape index (κ1) is 16.2. The van der Waals surface area contributed by atoms with Gasteiger partial charge in [0, 0.05) is 16.2 Å². The first-order valence-corrected chi connectivity index (χ1v) is 8.76. The van der Waals surface area contributed by atoms with Gasteiger partial charge in [-0.1, -0.05) is 12.1 Å². The van der Waals surface area contributed by atoms with E-state index in [0.717, 1.165) is 39.7 Å². The lowest BCUT2D eigenvalue weighted by Crippen LogP contribution is -2.37. The van der Waals surface area contributed by atoms with Gasteiger partial charge in [0.25, 0.3) is 5.56 Å². The molecule has 1 N–H and O–H groups in total. The summed E-state index contributed by atoms with van der Waals surface area (Å²) < 4.78 is 2.45. The zero-order chi connectivity index (χ0) is 16.4. The maximum Gasteiger partial charge on any atom is 0.267 e. The molecule has 5 nitrogen and oxygen atoms in total. The van der Waals surface area contributed by atoms with Crippen LogP contribution in [0.1, 0.15) is 36.2 Å². The molecule has 1 heterocycles. The first-order chi connectivity index (χ1) is 11.0. The molecule has 0 saturated heterocycles. The van der Waals surface area contributed by atoms with Crippen LogP contribution in [-0.2, 0) is 24.2 Å². The Morgan fingerprint density at radius 3 is 2.83 bits per heavy atom. The fourth-order valence-corrected chi connectivity index (χ4v) is 3.10. The van der Waals surface area contributed by atoms with Gasteiger partial charge in [-0.15, -0.1) is 0 Å². The molecular formula is C17H18IN3O2. The van der Waals surface area contributed by atoms with Gasteiger partial charge in [-0.05, 0) is 72.0 Å². The van der Waals surface area contributed by atoms with E-state index >= 15 is 0 Å². The standard InChI is InChI=1S/C17H18IN3O2/c1-11(17(23)19-10-12-5-7-14(18)8-6-12)21-16(22)9-13-3-2-4-15(13)20-21/h5-9,11H,2-4,10H2,1H3,(H,19,23). The number of hydrogen-bond donors (Lipinski definition) is 1. The molecule has 120 valence electrons. The van der Waals surface area contributed by atoms with Gasteiger partial charge in [-0.2, -0.15) is 5.10 Å². The molecule has 0 saturated carbocycles. The first-order valence-electron chi connectivity index (χ1n) is 7.68. The molecule has 0 bridgehead atoms. The normalized spacial score (nSPS) is 14.3. The average molecular weight is 423 g/mol. The van der Waals surface area contributed by atoms with E-state index in [0.29, 0.717) is 6.54 Å². The SMILES string of the molecule is CC(C(=O)NCc1ccc(I)cc1)n1nc2c(cc1=O)CCC2. The van der Waals surface area contributed by atoms with Crippen molar-refractivity contribution in [3.05, 3.63) is 61.1 Å². The summed E-state index contributed by atoms with van der Waals surface area (Å²) in [5, 5.41) is 7.25. The number of halogens is 1. The van der Waals surface area contributed by atoms with Crippen molar-refractivity contribution in [1.82, 2.24) is 15.1 Å². The van der Waals surface area contributed by atoms with Crippen LogP contribution < -0.4 is 10.9 Å². The topological polar surface area (TPSA) is 64.0 Å². The third-order valence-electron chi connectivity index (χ3n) is 4.11. The van der Waals surface area contributed by atoms with Crippen LogP contribution in [0.15, 0.2) is 35.1 Å². The number of carbonyl (C=O) groups excluding carboxylic acids is 1. The van der Waals surface area contributed by atoms with E-state index in [4.69, 9.17) is 0 Å². The molecular weight excluding hydrogens is 405 g/mol. The molecule has 1 aromatic carbocycles. The molecule has 0 aliphatic heterocycles. The molecule has 1 unspecified atom stereocenters. The van der Waals surface area contributed by atoms with Crippen LogP contribution in [0.2, 0.25) is 0 Å². The zero-order valence-electron chi connectivity index (χ0n) is 12.9. The molecule has 1 amide bonds. The van der Waals surface area contributed by atoms with Crippen molar-refractivity contribution in [3.8, 4) is 0 Å². The summed E-state index contributed by atoms with van der Waals surface area (Å²) in [6.45, 7) is 2.15. The number of fused-ring (bicyclic) bond motifs is 1. The van der Waals surface area contributed by atoms with Crippen LogP contribution in [0.25, 0.3) is 0 Å². The van der Waals surface area contributed by atoms with Gasteiger partial charge in [-0.3, -0.25) is 9.59 Å². The van der Waals surface area contributed by atoms with Crippen molar-refractivity contribution < 1.29 is 4.79 Å². The highest BCUT2D eigenvalue weighted by Crippen LogP contribution is 2.18. The van der Waals surface area contributed by atoms with Crippen molar-refractivity contribution in [1.29, 1.82) is 0 Å². The Balaban J connectivity index is 1.70. The number of nitrogens with one attached hydrogen (secondary N) is 1. The van der Waals surface area contributed by atoms with Gasteiger partial charge in [-0.25, -0.2) is 4.68 Å². The maximum absolute atomic E-state index is 12.3. The highest BCUT2D eigenvalue weighted by molar-refractivity contribution is 14.1. The van der Waals surface area contributed by atoms with E-state index in [2.05, 4.69) is 33.0 Å². The lowest BCUT2D eigenvalue weighted by molar-refractivity contribution is -0.124. The number of carbonyl (C=O) groups is 1. The summed E-state index contributed by atoms with van der Waals surface area (Å²) in [6, 6.07) is 8.96. The smallest absolute Gasteiger partial charge is 0.267 e. The monoisotopic (exact) mass is 423 g/mol. The van der Waals surface area contributed by atoms with Crippen LogP contribution in [0, 0.1) is 3.57 Å². The second-order valence-electron chi connectivity index (χ2n) is 5.77. The summed E-state index contributed by atoms with van der Waals surface area (Å²) >= 11 is 2.24. The maximum atomic E-state index is 12.3. The molecule has 1 aliphatic rings. The van der Waals surface area contributed by atoms with Crippen molar-refractivity contribution in [3.63, 3.8) is 0 Å². The Morgan fingerprint density at radius 2 is 2.09 bits per heavy atom. The number of nitrogens with zero attached hydrogens (tertiary/aromatic N) is 2. The van der Waals surface area contributed by atoms with E-state index in [9.17, 15) is 9.59 Å². The van der Waals surface area contributed by atoms with Gasteiger partial charge in [0.2, 0.25) is 5.91 Å². The molecule has 1 aromatic heterocycles. The van der Waals surface area contributed by atoms with Crippen LogP contribution >= 0.6 is 22.6 Å². The van der Waals surface area contributed by atoms with E-state index in [1.165, 1.54) is 4.68 Å². The third kappa shape index (κ3) is 3.63. The third-order valence-corrected chi connectivity index (χ3v) is 4.83. The Bertz CT molecular complexity index is 783. The van der Waals surface area contributed by atoms with E-state index < -0.39 is 6.04 Å². The molecule has 0 fully saturated rings. The Morgan fingerprint density at radius 1 is 1.35 bits per heavy atom. The number of aromatic nitrogens is 2. The lowest BCUT2D eigenvalue weighted by atomic mass is 10.2. The van der Waals surface area contributed by atoms with Crippen LogP contribution in [0.3, 0.4) is 0 Å². The minimum Gasteiger partial charge on any atom is -0.350 e. The Hall–Kier alpha value is -1.70. The Labute approximate surface area is 148 Å². The van der Waals surface area contributed by atoms with Gasteiger partial charge in [0.1, 0.15) is 6.04 Å². The minimum absolute atomic E-state index is 0.198. The molecule has 0 spiro atoms. The van der Waals surface area contributed by atoms with Crippen LogP contribution in [0.5, 0.6) is 0 Å². The van der Waals surface area contributed by atoms with Crippen molar-refractivity contribution >= 4 is 28.5 Å². The molecule has 6 heteroatoms. The second kappa shape index (κ2) is 6.82. The largest absolute Gasteiger partial charge is 0.350 e. The fraction of sp³-hybridized carbons (Fsp3) is 0.353. The number of amides is 1. The molecule has 2 aromatic rings. The lowest BCUT2D eigenvalue weighted by Gasteiger charge is -2.15. The highest BCUT2D eigenvalue weighted by Gasteiger charge is 2.21. The molecule has 0 radical (unpaired) electrons. The van der Waals surface area contributed by atoms with Gasteiger partial charge < -0.3 is 5.32 Å². The average Bonchev–Trinajstić information content (AvgIpc) is 2.99. The number of rotatable bonds is 4. The molecule has 3 rings (SSSR count). The quantitative estimate of drug-likeness (QED) is 0.768. The molecule has 1 aliphatic carbocycles. The fourth-order valence-electron chi connectivity index (χ4n) is 2.74. The van der Waals surface area contributed by atoms with Crippen molar-refractivity contribution in [2.75, 3.05) is 0 Å². The minimum atomic E-state index is -0.614. The summed E-state index contributed by atoms with van der Waals surface area (Å²) in [6.07, 6.45) is 2.82. The summed E-state index contributed by atoms with van der Waals surface area (Å²) in [7, 11) is 0. The van der Waals surface area contributed by atoms with Crippen molar-refractivity contribution in [2.45, 2.75) is 38.8 Å². The van der Waals surface area contributed by atoms with Gasteiger partial charge in [0.15, 0.2) is 0 Å². The number of benzene rings is 1. The Kier molecular flexibility index (Phi) is 4.79. The number of aryl methyl sites for hydroxylation is 2. The van der Waals surface area contributed by atoms with E-state index in [1.807, 2.05) is 24.3 Å². The van der Waals surface area contributed by atoms with Gasteiger partial charge >= 0.3 is 0 Å². The van der Waals surface area contributed by atoms with Crippen LogP contribution in [0.4, 0.5) is 0 Å². The molecule has 1 atom stereocenters.